The monoisotopic (exact) mass is 139 g/mol. The van der Waals surface area contributed by atoms with E-state index in [-0.39, 0.29) is 0 Å². The Balaban J connectivity index is 2.37. The maximum absolute atomic E-state index is 5.38. The number of ether oxygens (including phenoxy) is 1. The highest BCUT2D eigenvalue weighted by Crippen LogP contribution is 2.22. The van der Waals surface area contributed by atoms with Crippen LogP contribution in [0.2, 0.25) is 0 Å². The highest BCUT2D eigenvalue weighted by atomic mass is 16.5. The van der Waals surface area contributed by atoms with Crippen LogP contribution in [0.1, 0.15) is 17.1 Å². The summed E-state index contributed by atoms with van der Waals surface area (Å²) in [6, 6.07) is 1.96. The molecular formula is C7H9NO2. The average Bonchev–Trinajstić information content (AvgIpc) is 2.42. The molecule has 2 rings (SSSR count). The molecule has 10 heavy (non-hydrogen) atoms. The fraction of sp³-hybridized carbons (Fsp3) is 0.429. The van der Waals surface area contributed by atoms with E-state index in [4.69, 9.17) is 14.9 Å². The summed E-state index contributed by atoms with van der Waals surface area (Å²) in [7, 11) is 0. The molecule has 3 heteroatoms. The Morgan fingerprint density at radius 3 is 3.10 bits per heavy atom. The van der Waals surface area contributed by atoms with Crippen molar-refractivity contribution >= 4 is 0 Å². The second-order valence-electron chi connectivity index (χ2n) is 2.36. The van der Waals surface area contributed by atoms with Crippen molar-refractivity contribution in [3.05, 3.63) is 23.2 Å². The van der Waals surface area contributed by atoms with Crippen LogP contribution in [0.15, 0.2) is 10.5 Å². The Hall–Kier alpha value is -0.800. The largest absolute Gasteiger partial charge is 0.462 e. The lowest BCUT2D eigenvalue weighted by Crippen LogP contribution is -1.93. The van der Waals surface area contributed by atoms with E-state index >= 15 is 0 Å². The van der Waals surface area contributed by atoms with E-state index < -0.39 is 0 Å². The first-order chi connectivity index (χ1) is 4.90. The van der Waals surface area contributed by atoms with E-state index in [1.54, 1.807) is 0 Å². The zero-order valence-corrected chi connectivity index (χ0v) is 5.59. The zero-order chi connectivity index (χ0) is 6.97. The molecule has 0 atom stereocenters. The molecule has 2 N–H and O–H groups in total. The first-order valence-corrected chi connectivity index (χ1v) is 3.28. The van der Waals surface area contributed by atoms with E-state index in [1.807, 2.05) is 6.07 Å². The SMILES string of the molecule is NCc1cc2c(o1)COC2. The molecule has 0 spiro atoms. The first kappa shape index (κ1) is 5.95. The van der Waals surface area contributed by atoms with Gasteiger partial charge in [-0.25, -0.2) is 0 Å². The van der Waals surface area contributed by atoms with Gasteiger partial charge in [-0.2, -0.15) is 0 Å². The van der Waals surface area contributed by atoms with Crippen LogP contribution in [-0.4, -0.2) is 0 Å². The minimum Gasteiger partial charge on any atom is -0.462 e. The second-order valence-corrected chi connectivity index (χ2v) is 2.36. The minimum atomic E-state index is 0.479. The molecule has 1 aromatic heterocycles. The molecule has 0 unspecified atom stereocenters. The Labute approximate surface area is 58.8 Å². The van der Waals surface area contributed by atoms with Crippen LogP contribution < -0.4 is 5.73 Å². The van der Waals surface area contributed by atoms with E-state index in [9.17, 15) is 0 Å². The Morgan fingerprint density at radius 2 is 2.40 bits per heavy atom. The summed E-state index contributed by atoms with van der Waals surface area (Å²) in [4.78, 5) is 0. The molecule has 54 valence electrons. The van der Waals surface area contributed by atoms with Crippen molar-refractivity contribution < 1.29 is 9.15 Å². The van der Waals surface area contributed by atoms with Gasteiger partial charge < -0.3 is 14.9 Å². The lowest BCUT2D eigenvalue weighted by Gasteiger charge is -1.89. The fourth-order valence-corrected chi connectivity index (χ4v) is 1.13. The number of hydrogen-bond donors (Lipinski definition) is 1. The summed E-state index contributed by atoms with van der Waals surface area (Å²) < 4.78 is 10.4. The Morgan fingerprint density at radius 1 is 1.50 bits per heavy atom. The molecular weight excluding hydrogens is 130 g/mol. The third-order valence-corrected chi connectivity index (χ3v) is 1.64. The fourth-order valence-electron chi connectivity index (χ4n) is 1.13. The van der Waals surface area contributed by atoms with Crippen molar-refractivity contribution in [3.8, 4) is 0 Å². The molecule has 2 heterocycles. The standard InChI is InChI=1S/C7H9NO2/c8-2-6-1-5-3-9-4-7(5)10-6/h1H,2-4,8H2. The van der Waals surface area contributed by atoms with Crippen LogP contribution in [0.4, 0.5) is 0 Å². The van der Waals surface area contributed by atoms with Gasteiger partial charge in [0.15, 0.2) is 0 Å². The van der Waals surface area contributed by atoms with Crippen LogP contribution in [0.3, 0.4) is 0 Å². The van der Waals surface area contributed by atoms with Crippen molar-refractivity contribution in [2.45, 2.75) is 19.8 Å². The predicted octanol–water partition coefficient (Wildman–Crippen LogP) is 0.769. The van der Waals surface area contributed by atoms with Gasteiger partial charge in [0, 0.05) is 5.56 Å². The Bertz CT molecular complexity index is 220. The third-order valence-electron chi connectivity index (χ3n) is 1.64. The van der Waals surface area contributed by atoms with Gasteiger partial charge in [0.25, 0.3) is 0 Å². The number of furan rings is 1. The van der Waals surface area contributed by atoms with Crippen molar-refractivity contribution in [2.24, 2.45) is 5.73 Å². The minimum absolute atomic E-state index is 0.479. The summed E-state index contributed by atoms with van der Waals surface area (Å²) in [5.41, 5.74) is 6.53. The van der Waals surface area contributed by atoms with Gasteiger partial charge >= 0.3 is 0 Å². The van der Waals surface area contributed by atoms with Crippen LogP contribution in [-0.2, 0) is 24.5 Å². The lowest BCUT2D eigenvalue weighted by molar-refractivity contribution is 0.123. The van der Waals surface area contributed by atoms with Gasteiger partial charge in [0.1, 0.15) is 18.1 Å². The van der Waals surface area contributed by atoms with Crippen LogP contribution >= 0.6 is 0 Å². The molecule has 0 fully saturated rings. The summed E-state index contributed by atoms with van der Waals surface area (Å²) in [5, 5.41) is 0. The van der Waals surface area contributed by atoms with Gasteiger partial charge in [-0.1, -0.05) is 0 Å². The van der Waals surface area contributed by atoms with E-state index in [2.05, 4.69) is 0 Å². The molecule has 1 aliphatic heterocycles. The van der Waals surface area contributed by atoms with Gasteiger partial charge in [-0.15, -0.1) is 0 Å². The van der Waals surface area contributed by atoms with Crippen molar-refractivity contribution in [3.63, 3.8) is 0 Å². The van der Waals surface area contributed by atoms with Crippen LogP contribution in [0.5, 0.6) is 0 Å². The molecule has 0 saturated heterocycles. The molecule has 1 aromatic rings. The molecule has 1 aliphatic rings. The molecule has 0 saturated carbocycles. The highest BCUT2D eigenvalue weighted by molar-refractivity contribution is 5.22. The van der Waals surface area contributed by atoms with Gasteiger partial charge in [-0.3, -0.25) is 0 Å². The summed E-state index contributed by atoms with van der Waals surface area (Å²) >= 11 is 0. The number of nitrogens with two attached hydrogens (primary N) is 1. The van der Waals surface area contributed by atoms with Crippen molar-refractivity contribution in [1.29, 1.82) is 0 Å². The van der Waals surface area contributed by atoms with Gasteiger partial charge in [0.05, 0.1) is 13.2 Å². The third kappa shape index (κ3) is 0.751. The summed E-state index contributed by atoms with van der Waals surface area (Å²) in [6.07, 6.45) is 0. The maximum atomic E-state index is 5.38. The van der Waals surface area contributed by atoms with E-state index in [0.717, 1.165) is 17.1 Å². The number of fused-ring (bicyclic) bond motifs is 1. The highest BCUT2D eigenvalue weighted by Gasteiger charge is 2.15. The quantitative estimate of drug-likeness (QED) is 0.625. The van der Waals surface area contributed by atoms with Crippen LogP contribution in [0.25, 0.3) is 0 Å². The second kappa shape index (κ2) is 2.11. The molecule has 0 radical (unpaired) electrons. The molecule has 3 nitrogen and oxygen atoms in total. The number of hydrogen-bond acceptors (Lipinski definition) is 3. The van der Waals surface area contributed by atoms with Gasteiger partial charge in [0.2, 0.25) is 0 Å². The predicted molar refractivity (Wildman–Crippen MR) is 35.1 cm³/mol. The maximum Gasteiger partial charge on any atom is 0.135 e. The Kier molecular flexibility index (Phi) is 1.25. The molecule has 0 bridgehead atoms. The summed E-state index contributed by atoms with van der Waals surface area (Å²) in [6.45, 7) is 1.77. The lowest BCUT2D eigenvalue weighted by atomic mass is 10.3. The summed E-state index contributed by atoms with van der Waals surface area (Å²) in [5.74, 6) is 1.80. The smallest absolute Gasteiger partial charge is 0.135 e. The van der Waals surface area contributed by atoms with Crippen molar-refractivity contribution in [2.75, 3.05) is 0 Å². The molecule has 0 aromatic carbocycles. The average molecular weight is 139 g/mol. The molecule has 0 aliphatic carbocycles. The van der Waals surface area contributed by atoms with Gasteiger partial charge in [-0.05, 0) is 6.07 Å². The number of rotatable bonds is 1. The first-order valence-electron chi connectivity index (χ1n) is 3.28. The topological polar surface area (TPSA) is 48.4 Å². The zero-order valence-electron chi connectivity index (χ0n) is 5.59. The van der Waals surface area contributed by atoms with Crippen LogP contribution in [0, 0.1) is 0 Å². The normalized spacial score (nSPS) is 15.7. The molecule has 0 amide bonds. The van der Waals surface area contributed by atoms with Crippen molar-refractivity contribution in [1.82, 2.24) is 0 Å². The van der Waals surface area contributed by atoms with E-state index in [0.29, 0.717) is 19.8 Å². The van der Waals surface area contributed by atoms with E-state index in [1.165, 1.54) is 0 Å².